The first-order valence-electron chi connectivity index (χ1n) is 6.37. The van der Waals surface area contributed by atoms with Crippen molar-refractivity contribution >= 4 is 23.8 Å². The van der Waals surface area contributed by atoms with Crippen molar-refractivity contribution in [1.29, 1.82) is 0 Å². The van der Waals surface area contributed by atoms with E-state index in [-0.39, 0.29) is 6.42 Å². The molecule has 0 bridgehead atoms. The monoisotopic (exact) mass is 275 g/mol. The van der Waals surface area contributed by atoms with E-state index in [0.717, 1.165) is 37.2 Å². The van der Waals surface area contributed by atoms with Crippen molar-refractivity contribution < 1.29 is 19.8 Å². The van der Waals surface area contributed by atoms with Gasteiger partial charge in [-0.1, -0.05) is 0 Å². The summed E-state index contributed by atoms with van der Waals surface area (Å²) in [6, 6.07) is 0. The Labute approximate surface area is 112 Å². The van der Waals surface area contributed by atoms with Crippen LogP contribution in [0.15, 0.2) is 0 Å². The van der Waals surface area contributed by atoms with Crippen molar-refractivity contribution in [3.8, 4) is 0 Å². The highest BCUT2D eigenvalue weighted by Crippen LogP contribution is 2.22. The van der Waals surface area contributed by atoms with Crippen molar-refractivity contribution in [1.82, 2.24) is 4.90 Å². The number of rotatable bonds is 7. The maximum absolute atomic E-state index is 10.7. The summed E-state index contributed by atoms with van der Waals surface area (Å²) in [5.41, 5.74) is 0. The number of likely N-dealkylation sites (tertiary alicyclic amines) is 1. The summed E-state index contributed by atoms with van der Waals surface area (Å²) >= 11 is 1.80. The summed E-state index contributed by atoms with van der Waals surface area (Å²) in [6.07, 6.45) is 3.22. The number of carbonyl (C=O) groups is 2. The Morgan fingerprint density at radius 1 is 1.17 bits per heavy atom. The molecule has 0 saturated carbocycles. The zero-order chi connectivity index (χ0) is 13.4. The smallest absolute Gasteiger partial charge is 0.407 e. The third-order valence-electron chi connectivity index (χ3n) is 3.23. The van der Waals surface area contributed by atoms with Crippen LogP contribution in [0.1, 0.15) is 32.1 Å². The van der Waals surface area contributed by atoms with E-state index < -0.39 is 12.1 Å². The minimum atomic E-state index is -0.809. The van der Waals surface area contributed by atoms with E-state index >= 15 is 0 Å². The van der Waals surface area contributed by atoms with Gasteiger partial charge in [-0.3, -0.25) is 4.79 Å². The topological polar surface area (TPSA) is 77.8 Å². The number of nitrogens with zero attached hydrogens (tertiary/aromatic N) is 1. The highest BCUT2D eigenvalue weighted by atomic mass is 32.2. The van der Waals surface area contributed by atoms with Crippen LogP contribution in [0.3, 0.4) is 0 Å². The summed E-state index contributed by atoms with van der Waals surface area (Å²) in [5.74, 6) is 1.86. The van der Waals surface area contributed by atoms with Gasteiger partial charge < -0.3 is 15.1 Å². The number of hydrogen-bond acceptors (Lipinski definition) is 3. The lowest BCUT2D eigenvalue weighted by Crippen LogP contribution is -2.37. The predicted molar refractivity (Wildman–Crippen MR) is 71.1 cm³/mol. The van der Waals surface area contributed by atoms with Gasteiger partial charge in [-0.05, 0) is 43.1 Å². The fourth-order valence-electron chi connectivity index (χ4n) is 2.09. The molecule has 6 heteroatoms. The third-order valence-corrected chi connectivity index (χ3v) is 4.34. The SMILES string of the molecule is O=C(O)CCCSCCC1CCN(C(=O)O)CC1. The van der Waals surface area contributed by atoms with Crippen LogP contribution in [0.25, 0.3) is 0 Å². The Kier molecular flexibility index (Phi) is 6.93. The van der Waals surface area contributed by atoms with E-state index in [0.29, 0.717) is 19.0 Å². The molecule has 1 heterocycles. The zero-order valence-electron chi connectivity index (χ0n) is 10.5. The standard InChI is InChI=1S/C12H21NO4S/c14-11(15)2-1-8-18-9-5-10-3-6-13(7-4-10)12(16)17/h10H,1-9H2,(H,14,15)(H,16,17). The summed E-state index contributed by atoms with van der Waals surface area (Å²) in [4.78, 5) is 22.5. The maximum atomic E-state index is 10.7. The number of carboxylic acids is 1. The Morgan fingerprint density at radius 3 is 2.39 bits per heavy atom. The summed E-state index contributed by atoms with van der Waals surface area (Å²) < 4.78 is 0. The number of aliphatic carboxylic acids is 1. The molecule has 2 N–H and O–H groups in total. The molecule has 0 aliphatic carbocycles. The highest BCUT2D eigenvalue weighted by molar-refractivity contribution is 7.99. The second-order valence-corrected chi connectivity index (χ2v) is 5.84. The Bertz CT molecular complexity index is 277. The normalized spacial score (nSPS) is 16.8. The molecule has 1 amide bonds. The summed E-state index contributed by atoms with van der Waals surface area (Å²) in [5, 5.41) is 17.3. The number of piperidine rings is 1. The molecule has 0 aromatic rings. The van der Waals surface area contributed by atoms with Gasteiger partial charge in [0, 0.05) is 19.5 Å². The molecule has 1 aliphatic rings. The van der Waals surface area contributed by atoms with Gasteiger partial charge in [0.05, 0.1) is 0 Å². The second-order valence-electron chi connectivity index (χ2n) is 4.61. The average molecular weight is 275 g/mol. The lowest BCUT2D eigenvalue weighted by Gasteiger charge is -2.29. The molecule has 1 fully saturated rings. The third kappa shape index (κ3) is 6.14. The molecule has 1 aliphatic heterocycles. The Morgan fingerprint density at radius 2 is 1.83 bits per heavy atom. The van der Waals surface area contributed by atoms with Crippen molar-refractivity contribution in [3.63, 3.8) is 0 Å². The molecule has 104 valence electrons. The lowest BCUT2D eigenvalue weighted by molar-refractivity contribution is -0.137. The molecule has 0 atom stereocenters. The fraction of sp³-hybridized carbons (Fsp3) is 0.833. The van der Waals surface area contributed by atoms with E-state index in [4.69, 9.17) is 10.2 Å². The number of amides is 1. The van der Waals surface area contributed by atoms with E-state index in [1.807, 2.05) is 0 Å². The molecule has 5 nitrogen and oxygen atoms in total. The molecule has 0 aromatic heterocycles. The minimum absolute atomic E-state index is 0.254. The molecular weight excluding hydrogens is 254 g/mol. The molecule has 18 heavy (non-hydrogen) atoms. The number of carboxylic acid groups (broad SMARTS) is 2. The molecule has 0 spiro atoms. The highest BCUT2D eigenvalue weighted by Gasteiger charge is 2.21. The van der Waals surface area contributed by atoms with Crippen molar-refractivity contribution in [3.05, 3.63) is 0 Å². The van der Waals surface area contributed by atoms with E-state index in [2.05, 4.69) is 0 Å². The van der Waals surface area contributed by atoms with Gasteiger partial charge in [0.2, 0.25) is 0 Å². The minimum Gasteiger partial charge on any atom is -0.481 e. The van der Waals surface area contributed by atoms with Crippen LogP contribution in [-0.4, -0.2) is 51.8 Å². The first-order valence-corrected chi connectivity index (χ1v) is 7.52. The number of thioether (sulfide) groups is 1. The van der Waals surface area contributed by atoms with Gasteiger partial charge in [-0.2, -0.15) is 11.8 Å². The van der Waals surface area contributed by atoms with Gasteiger partial charge in [-0.15, -0.1) is 0 Å². The first kappa shape index (κ1) is 15.1. The molecule has 0 radical (unpaired) electrons. The van der Waals surface area contributed by atoms with Crippen LogP contribution in [0, 0.1) is 5.92 Å². The van der Waals surface area contributed by atoms with Crippen LogP contribution >= 0.6 is 11.8 Å². The second kappa shape index (κ2) is 8.24. The fourth-order valence-corrected chi connectivity index (χ4v) is 3.14. The van der Waals surface area contributed by atoms with Crippen LogP contribution < -0.4 is 0 Å². The van der Waals surface area contributed by atoms with E-state index in [9.17, 15) is 9.59 Å². The predicted octanol–water partition coefficient (Wildman–Crippen LogP) is 2.36. The Balaban J connectivity index is 1.98. The van der Waals surface area contributed by atoms with E-state index in [1.54, 1.807) is 11.8 Å². The largest absolute Gasteiger partial charge is 0.481 e. The zero-order valence-corrected chi connectivity index (χ0v) is 11.3. The lowest BCUT2D eigenvalue weighted by atomic mass is 9.95. The van der Waals surface area contributed by atoms with Crippen molar-refractivity contribution in [2.75, 3.05) is 24.6 Å². The van der Waals surface area contributed by atoms with Crippen LogP contribution in [-0.2, 0) is 4.79 Å². The molecule has 1 rings (SSSR count). The van der Waals surface area contributed by atoms with Crippen molar-refractivity contribution in [2.45, 2.75) is 32.1 Å². The van der Waals surface area contributed by atoms with Crippen LogP contribution in [0.2, 0.25) is 0 Å². The molecular formula is C12H21NO4S. The van der Waals surface area contributed by atoms with Crippen LogP contribution in [0.5, 0.6) is 0 Å². The van der Waals surface area contributed by atoms with Gasteiger partial charge in [0.25, 0.3) is 0 Å². The van der Waals surface area contributed by atoms with Gasteiger partial charge in [0.1, 0.15) is 0 Å². The summed E-state index contributed by atoms with van der Waals surface area (Å²) in [7, 11) is 0. The molecule has 1 saturated heterocycles. The van der Waals surface area contributed by atoms with E-state index in [1.165, 1.54) is 4.90 Å². The van der Waals surface area contributed by atoms with Crippen LogP contribution in [0.4, 0.5) is 4.79 Å². The average Bonchev–Trinajstić information content (AvgIpc) is 2.34. The molecule has 0 aromatic carbocycles. The summed E-state index contributed by atoms with van der Waals surface area (Å²) in [6.45, 7) is 1.31. The maximum Gasteiger partial charge on any atom is 0.407 e. The van der Waals surface area contributed by atoms with Crippen molar-refractivity contribution in [2.24, 2.45) is 5.92 Å². The Hall–Kier alpha value is -0.910. The quantitative estimate of drug-likeness (QED) is 0.697. The van der Waals surface area contributed by atoms with Gasteiger partial charge in [0.15, 0.2) is 0 Å². The first-order chi connectivity index (χ1) is 8.59. The molecule has 0 unspecified atom stereocenters. The number of hydrogen-bond donors (Lipinski definition) is 2. The van der Waals surface area contributed by atoms with Gasteiger partial charge in [-0.25, -0.2) is 4.79 Å². The van der Waals surface area contributed by atoms with Gasteiger partial charge >= 0.3 is 12.1 Å².